The van der Waals surface area contributed by atoms with Crippen molar-refractivity contribution in [3.05, 3.63) is 217 Å². The lowest BCUT2D eigenvalue weighted by Crippen LogP contribution is -2.09. The average Bonchev–Trinajstić information content (AvgIpc) is 3.86. The first-order valence-electron chi connectivity index (χ1n) is 19.8. The second-order valence-corrected chi connectivity index (χ2v) is 15.1. The van der Waals surface area contributed by atoms with E-state index in [-0.39, 0.29) is 0 Å². The van der Waals surface area contributed by atoms with E-state index in [2.05, 4.69) is 205 Å². The fraction of sp³-hybridized carbons (Fsp3) is 0.0182. The molecule has 1 aromatic heterocycles. The number of fused-ring (bicyclic) bond motifs is 6. The number of anilines is 4. The second kappa shape index (κ2) is 13.8. The Kier molecular flexibility index (Phi) is 8.04. The molecule has 0 bridgehead atoms. The summed E-state index contributed by atoms with van der Waals surface area (Å²) in [5.41, 5.74) is 27.0. The third-order valence-electron chi connectivity index (χ3n) is 11.7. The van der Waals surface area contributed by atoms with E-state index in [9.17, 15) is 0 Å². The number of benzene rings is 9. The highest BCUT2D eigenvalue weighted by atomic mass is 16.3. The molecule has 0 saturated carbocycles. The molecule has 11 rings (SSSR count). The number of nitrogens with zero attached hydrogens (tertiary/aromatic N) is 1. The predicted molar refractivity (Wildman–Crippen MR) is 243 cm³/mol. The van der Waals surface area contributed by atoms with Gasteiger partial charge in [-0.3, -0.25) is 0 Å². The highest BCUT2D eigenvalue weighted by Crippen LogP contribution is 2.45. The van der Waals surface area contributed by atoms with Gasteiger partial charge in [0, 0.05) is 39.1 Å². The van der Waals surface area contributed by atoms with Gasteiger partial charge in [-0.2, -0.15) is 0 Å². The van der Waals surface area contributed by atoms with Crippen LogP contribution in [0, 0.1) is 0 Å². The normalized spacial score (nSPS) is 11.8. The van der Waals surface area contributed by atoms with Crippen LogP contribution in [-0.4, -0.2) is 0 Å². The molecule has 1 aliphatic carbocycles. The van der Waals surface area contributed by atoms with E-state index < -0.39 is 0 Å². The van der Waals surface area contributed by atoms with Crippen LogP contribution < -0.4 is 10.6 Å². The first kappa shape index (κ1) is 33.7. The molecule has 9 aromatic carbocycles. The number of nitrogens with two attached hydrogens (primary N) is 1. The smallest absolute Gasteiger partial charge is 0.135 e. The summed E-state index contributed by atoms with van der Waals surface area (Å²) in [4.78, 5) is 2.33. The third-order valence-corrected chi connectivity index (χ3v) is 11.7. The third kappa shape index (κ3) is 5.84. The van der Waals surface area contributed by atoms with Gasteiger partial charge in [-0.25, -0.2) is 0 Å². The molecule has 0 fully saturated rings. The van der Waals surface area contributed by atoms with Crippen LogP contribution in [0.1, 0.15) is 11.1 Å². The molecule has 1 heterocycles. The topological polar surface area (TPSA) is 42.4 Å². The van der Waals surface area contributed by atoms with Crippen LogP contribution in [0.2, 0.25) is 0 Å². The van der Waals surface area contributed by atoms with Gasteiger partial charge < -0.3 is 15.1 Å². The van der Waals surface area contributed by atoms with Crippen LogP contribution in [0.5, 0.6) is 0 Å². The maximum absolute atomic E-state index is 6.74. The van der Waals surface area contributed by atoms with Gasteiger partial charge in [0.15, 0.2) is 0 Å². The lowest BCUT2D eigenvalue weighted by Gasteiger charge is -2.26. The summed E-state index contributed by atoms with van der Waals surface area (Å²) in [5, 5.41) is 2.14. The Hall–Kier alpha value is -7.62. The Bertz CT molecular complexity index is 3040. The highest BCUT2D eigenvalue weighted by molar-refractivity contribution is 6.08. The standard InChI is InChI=1S/C55H38N2O/c56-53-29-22-40(32-50(53)48-17-9-16-47-46-15-8-7-14-42(46)34-49(47)48)41-23-30-54-51(33-41)52-35-45(28-31-55(52)58-54)57(43-24-18-38(19-25-43)36-10-3-1-4-11-36)44-26-20-39(21-27-44)37-12-5-2-6-13-37/h1-33,35H,34,56H2. The van der Waals surface area contributed by atoms with Crippen molar-refractivity contribution in [1.29, 1.82) is 0 Å². The van der Waals surface area contributed by atoms with Crippen molar-refractivity contribution in [3.63, 3.8) is 0 Å². The molecule has 3 heteroatoms. The average molecular weight is 743 g/mol. The molecule has 58 heavy (non-hydrogen) atoms. The summed E-state index contributed by atoms with van der Waals surface area (Å²) < 4.78 is 6.47. The van der Waals surface area contributed by atoms with Crippen LogP contribution in [0.3, 0.4) is 0 Å². The Morgan fingerprint density at radius 1 is 0.362 bits per heavy atom. The molecule has 274 valence electrons. The molecule has 1 aliphatic rings. The molecule has 2 N–H and O–H groups in total. The van der Waals surface area contributed by atoms with Gasteiger partial charge in [0.05, 0.1) is 0 Å². The molecular formula is C55H38N2O. The molecule has 0 saturated heterocycles. The van der Waals surface area contributed by atoms with E-state index >= 15 is 0 Å². The number of rotatable bonds is 7. The highest BCUT2D eigenvalue weighted by Gasteiger charge is 2.23. The monoisotopic (exact) mass is 742 g/mol. The zero-order valence-electron chi connectivity index (χ0n) is 31.8. The first-order valence-corrected chi connectivity index (χ1v) is 19.8. The van der Waals surface area contributed by atoms with Crippen LogP contribution in [-0.2, 0) is 6.42 Å². The van der Waals surface area contributed by atoms with Gasteiger partial charge in [-0.1, -0.05) is 140 Å². The number of hydrogen-bond donors (Lipinski definition) is 1. The Balaban J connectivity index is 1.00. The number of furan rings is 1. The molecule has 0 amide bonds. The molecular weight excluding hydrogens is 705 g/mol. The van der Waals surface area contributed by atoms with Crippen LogP contribution in [0.25, 0.3) is 77.6 Å². The van der Waals surface area contributed by atoms with Crippen molar-refractivity contribution >= 4 is 44.7 Å². The Morgan fingerprint density at radius 2 is 0.845 bits per heavy atom. The number of nitrogen functional groups attached to an aromatic ring is 1. The summed E-state index contributed by atoms with van der Waals surface area (Å²) in [7, 11) is 0. The predicted octanol–water partition coefficient (Wildman–Crippen LogP) is 14.9. The molecule has 0 atom stereocenters. The maximum Gasteiger partial charge on any atom is 0.135 e. The molecule has 0 aliphatic heterocycles. The maximum atomic E-state index is 6.74. The lowest BCUT2D eigenvalue weighted by atomic mass is 9.92. The second-order valence-electron chi connectivity index (χ2n) is 15.1. The summed E-state index contributed by atoms with van der Waals surface area (Å²) in [6.07, 6.45) is 0.909. The van der Waals surface area contributed by atoms with Gasteiger partial charge in [-0.05, 0) is 134 Å². The van der Waals surface area contributed by atoms with E-state index in [1.165, 1.54) is 50.1 Å². The van der Waals surface area contributed by atoms with E-state index in [0.717, 1.165) is 67.8 Å². The van der Waals surface area contributed by atoms with Crippen molar-refractivity contribution in [2.75, 3.05) is 10.6 Å². The molecule has 0 radical (unpaired) electrons. The van der Waals surface area contributed by atoms with Crippen LogP contribution in [0.15, 0.2) is 211 Å². The SMILES string of the molecule is Nc1ccc(-c2ccc3oc4ccc(N(c5ccc(-c6ccccc6)cc5)c5ccc(-c6ccccc6)cc5)cc4c3c2)cc1-c1cccc2c1Cc1ccccc1-2. The fourth-order valence-electron chi connectivity index (χ4n) is 8.78. The summed E-state index contributed by atoms with van der Waals surface area (Å²) >= 11 is 0. The van der Waals surface area contributed by atoms with Gasteiger partial charge in [0.25, 0.3) is 0 Å². The molecule has 3 nitrogen and oxygen atoms in total. The molecule has 10 aromatic rings. The van der Waals surface area contributed by atoms with Crippen molar-refractivity contribution in [3.8, 4) is 55.6 Å². The van der Waals surface area contributed by atoms with Crippen molar-refractivity contribution in [2.45, 2.75) is 6.42 Å². The quantitative estimate of drug-likeness (QED) is 0.165. The van der Waals surface area contributed by atoms with Crippen LogP contribution in [0.4, 0.5) is 22.7 Å². The Labute approximate surface area is 337 Å². The van der Waals surface area contributed by atoms with E-state index in [4.69, 9.17) is 10.2 Å². The number of hydrogen-bond acceptors (Lipinski definition) is 3. The summed E-state index contributed by atoms with van der Waals surface area (Å²) in [6, 6.07) is 73.5. The summed E-state index contributed by atoms with van der Waals surface area (Å²) in [6.45, 7) is 0. The molecule has 0 unspecified atom stereocenters. The largest absolute Gasteiger partial charge is 0.456 e. The minimum atomic E-state index is 0.779. The van der Waals surface area contributed by atoms with E-state index in [1.807, 2.05) is 6.07 Å². The van der Waals surface area contributed by atoms with Crippen LogP contribution >= 0.6 is 0 Å². The lowest BCUT2D eigenvalue weighted by molar-refractivity contribution is 0.669. The molecule has 0 spiro atoms. The Morgan fingerprint density at radius 3 is 1.52 bits per heavy atom. The van der Waals surface area contributed by atoms with Gasteiger partial charge in [0.2, 0.25) is 0 Å². The van der Waals surface area contributed by atoms with Gasteiger partial charge in [0.1, 0.15) is 11.2 Å². The van der Waals surface area contributed by atoms with Gasteiger partial charge >= 0.3 is 0 Å². The van der Waals surface area contributed by atoms with Crippen molar-refractivity contribution < 1.29 is 4.42 Å². The minimum Gasteiger partial charge on any atom is -0.456 e. The van der Waals surface area contributed by atoms with E-state index in [0.29, 0.717) is 0 Å². The first-order chi connectivity index (χ1) is 28.6. The van der Waals surface area contributed by atoms with Crippen molar-refractivity contribution in [1.82, 2.24) is 0 Å². The minimum absolute atomic E-state index is 0.779. The zero-order chi connectivity index (χ0) is 38.6. The fourth-order valence-corrected chi connectivity index (χ4v) is 8.78. The van der Waals surface area contributed by atoms with Crippen molar-refractivity contribution in [2.24, 2.45) is 0 Å². The summed E-state index contributed by atoms with van der Waals surface area (Å²) in [5.74, 6) is 0. The zero-order valence-corrected chi connectivity index (χ0v) is 31.8. The van der Waals surface area contributed by atoms with Gasteiger partial charge in [-0.15, -0.1) is 0 Å². The van der Waals surface area contributed by atoms with E-state index in [1.54, 1.807) is 0 Å².